The van der Waals surface area contributed by atoms with Gasteiger partial charge < -0.3 is 15.2 Å². The number of rotatable bonds is 6. The van der Waals surface area contributed by atoms with Crippen molar-refractivity contribution in [2.45, 2.75) is 25.8 Å². The molecule has 0 aliphatic rings. The van der Waals surface area contributed by atoms with Crippen molar-refractivity contribution in [2.24, 2.45) is 0 Å². The van der Waals surface area contributed by atoms with Crippen molar-refractivity contribution < 1.29 is 14.6 Å². The minimum Gasteiger partial charge on any atom is -0.497 e. The van der Waals surface area contributed by atoms with E-state index in [9.17, 15) is 4.79 Å². The molecule has 94 valence electrons. The minimum absolute atomic E-state index is 0.0163. The maximum Gasteiger partial charge on any atom is 0.270 e. The number of hydrogen-bond donors (Lipinski definition) is 2. The second-order valence-corrected chi connectivity index (χ2v) is 3.82. The summed E-state index contributed by atoms with van der Waals surface area (Å²) in [6, 6.07) is 3.29. The van der Waals surface area contributed by atoms with Crippen molar-refractivity contribution in [1.29, 1.82) is 0 Å². The third-order valence-electron chi connectivity index (χ3n) is 2.37. The van der Waals surface area contributed by atoms with Crippen molar-refractivity contribution >= 4 is 5.91 Å². The van der Waals surface area contributed by atoms with E-state index in [2.05, 4.69) is 10.3 Å². The third kappa shape index (κ3) is 4.40. The van der Waals surface area contributed by atoms with Crippen molar-refractivity contribution in [2.75, 3.05) is 13.7 Å². The summed E-state index contributed by atoms with van der Waals surface area (Å²) >= 11 is 0. The Kier molecular flexibility index (Phi) is 5.42. The molecule has 2 N–H and O–H groups in total. The molecule has 0 saturated carbocycles. The van der Waals surface area contributed by atoms with Crippen molar-refractivity contribution in [1.82, 2.24) is 10.3 Å². The Morgan fingerprint density at radius 1 is 1.65 bits per heavy atom. The summed E-state index contributed by atoms with van der Waals surface area (Å²) in [5.41, 5.74) is 0.334. The third-order valence-corrected chi connectivity index (χ3v) is 2.37. The number of nitrogens with zero attached hydrogens (tertiary/aromatic N) is 1. The van der Waals surface area contributed by atoms with E-state index in [1.54, 1.807) is 19.2 Å². The molecule has 0 aromatic carbocycles. The van der Waals surface area contributed by atoms with Gasteiger partial charge in [-0.05, 0) is 25.8 Å². The molecule has 5 heteroatoms. The minimum atomic E-state index is -0.227. The zero-order valence-electron chi connectivity index (χ0n) is 10.1. The van der Waals surface area contributed by atoms with E-state index in [1.165, 1.54) is 6.20 Å². The average Bonchev–Trinajstić information content (AvgIpc) is 2.36. The molecule has 0 saturated heterocycles. The highest BCUT2D eigenvalue weighted by atomic mass is 16.5. The predicted octanol–water partition coefficient (Wildman–Crippen LogP) is 0.981. The second-order valence-electron chi connectivity index (χ2n) is 3.82. The molecule has 0 aliphatic heterocycles. The molecule has 0 bridgehead atoms. The van der Waals surface area contributed by atoms with E-state index >= 15 is 0 Å². The van der Waals surface area contributed by atoms with Crippen LogP contribution >= 0.6 is 0 Å². The lowest BCUT2D eigenvalue weighted by Gasteiger charge is -2.12. The van der Waals surface area contributed by atoms with Crippen LogP contribution < -0.4 is 10.1 Å². The topological polar surface area (TPSA) is 71.5 Å². The molecular weight excluding hydrogens is 220 g/mol. The standard InChI is InChI=1S/C12H18N2O3/c1-9(4-3-7-15)14-12(16)11-8-10(17-2)5-6-13-11/h5-6,8-9,15H,3-4,7H2,1-2H3,(H,14,16). The van der Waals surface area contributed by atoms with Gasteiger partial charge in [-0.25, -0.2) is 0 Å². The fraction of sp³-hybridized carbons (Fsp3) is 0.500. The van der Waals surface area contributed by atoms with Gasteiger partial charge in [0.15, 0.2) is 0 Å². The van der Waals surface area contributed by atoms with Crippen LogP contribution in [0.4, 0.5) is 0 Å². The number of hydrogen-bond acceptors (Lipinski definition) is 4. The summed E-state index contributed by atoms with van der Waals surface area (Å²) in [5, 5.41) is 11.5. The van der Waals surface area contributed by atoms with Crippen LogP contribution in [0.1, 0.15) is 30.3 Å². The smallest absolute Gasteiger partial charge is 0.270 e. The van der Waals surface area contributed by atoms with Gasteiger partial charge in [0.25, 0.3) is 5.91 Å². The number of pyridine rings is 1. The lowest BCUT2D eigenvalue weighted by molar-refractivity contribution is 0.0931. The van der Waals surface area contributed by atoms with E-state index in [4.69, 9.17) is 9.84 Å². The van der Waals surface area contributed by atoms with Crippen LogP contribution in [0.25, 0.3) is 0 Å². The molecule has 0 aliphatic carbocycles. The molecule has 1 heterocycles. The van der Waals surface area contributed by atoms with E-state index in [-0.39, 0.29) is 18.6 Å². The van der Waals surface area contributed by atoms with Crippen LogP contribution in [0.5, 0.6) is 5.75 Å². The van der Waals surface area contributed by atoms with Gasteiger partial charge in [0.05, 0.1) is 7.11 Å². The Morgan fingerprint density at radius 3 is 3.06 bits per heavy atom. The first-order valence-corrected chi connectivity index (χ1v) is 5.59. The molecule has 1 amide bonds. The van der Waals surface area contributed by atoms with Crippen LogP contribution in [0.15, 0.2) is 18.3 Å². The monoisotopic (exact) mass is 238 g/mol. The summed E-state index contributed by atoms with van der Waals surface area (Å²) in [5.74, 6) is 0.377. The summed E-state index contributed by atoms with van der Waals surface area (Å²) in [6.45, 7) is 2.03. The van der Waals surface area contributed by atoms with E-state index < -0.39 is 0 Å². The number of nitrogens with one attached hydrogen (secondary N) is 1. The maximum atomic E-state index is 11.8. The van der Waals surface area contributed by atoms with Gasteiger partial charge in [0.2, 0.25) is 0 Å². The fourth-order valence-electron chi connectivity index (χ4n) is 1.43. The Hall–Kier alpha value is -1.62. The van der Waals surface area contributed by atoms with Gasteiger partial charge in [0, 0.05) is 24.9 Å². The van der Waals surface area contributed by atoms with Gasteiger partial charge in [-0.2, -0.15) is 0 Å². The van der Waals surface area contributed by atoms with Crippen LogP contribution in [-0.2, 0) is 0 Å². The lowest BCUT2D eigenvalue weighted by atomic mass is 10.2. The molecular formula is C12H18N2O3. The molecule has 17 heavy (non-hydrogen) atoms. The Balaban J connectivity index is 2.56. The number of aromatic nitrogens is 1. The summed E-state index contributed by atoms with van der Waals surface area (Å²) < 4.78 is 5.02. The first-order chi connectivity index (χ1) is 8.17. The number of aliphatic hydroxyl groups is 1. The number of carbonyl (C=O) groups excluding carboxylic acids is 1. The maximum absolute atomic E-state index is 11.8. The number of carbonyl (C=O) groups is 1. The molecule has 5 nitrogen and oxygen atoms in total. The molecule has 0 fully saturated rings. The number of methoxy groups -OCH3 is 1. The van der Waals surface area contributed by atoms with Crippen molar-refractivity contribution in [3.05, 3.63) is 24.0 Å². The van der Waals surface area contributed by atoms with E-state index in [0.29, 0.717) is 17.9 Å². The van der Waals surface area contributed by atoms with Crippen LogP contribution in [0.3, 0.4) is 0 Å². The Labute approximate surface area is 101 Å². The second kappa shape index (κ2) is 6.85. The highest BCUT2D eigenvalue weighted by Crippen LogP contribution is 2.10. The largest absolute Gasteiger partial charge is 0.497 e. The van der Waals surface area contributed by atoms with Crippen molar-refractivity contribution in [3.8, 4) is 5.75 Å². The summed E-state index contributed by atoms with van der Waals surface area (Å²) in [4.78, 5) is 15.8. The van der Waals surface area contributed by atoms with E-state index in [0.717, 1.165) is 6.42 Å². The zero-order chi connectivity index (χ0) is 12.7. The zero-order valence-corrected chi connectivity index (χ0v) is 10.1. The van der Waals surface area contributed by atoms with Gasteiger partial charge >= 0.3 is 0 Å². The average molecular weight is 238 g/mol. The molecule has 1 aromatic heterocycles. The number of ether oxygens (including phenoxy) is 1. The number of amides is 1. The van der Waals surface area contributed by atoms with E-state index in [1.807, 2.05) is 6.92 Å². The molecule has 1 aromatic rings. The molecule has 1 unspecified atom stereocenters. The Morgan fingerprint density at radius 2 is 2.41 bits per heavy atom. The first kappa shape index (κ1) is 13.4. The SMILES string of the molecule is COc1ccnc(C(=O)NC(C)CCCO)c1. The van der Waals surface area contributed by atoms with Crippen LogP contribution in [-0.4, -0.2) is 35.8 Å². The van der Waals surface area contributed by atoms with Crippen LogP contribution in [0.2, 0.25) is 0 Å². The predicted molar refractivity (Wildman–Crippen MR) is 64.0 cm³/mol. The first-order valence-electron chi connectivity index (χ1n) is 5.59. The highest BCUT2D eigenvalue weighted by molar-refractivity contribution is 5.92. The van der Waals surface area contributed by atoms with Crippen molar-refractivity contribution in [3.63, 3.8) is 0 Å². The van der Waals surface area contributed by atoms with Crippen LogP contribution in [0, 0.1) is 0 Å². The summed E-state index contributed by atoms with van der Waals surface area (Å²) in [6.07, 6.45) is 2.95. The number of aliphatic hydroxyl groups excluding tert-OH is 1. The van der Waals surface area contributed by atoms with Gasteiger partial charge in [0.1, 0.15) is 11.4 Å². The quantitative estimate of drug-likeness (QED) is 0.775. The Bertz CT molecular complexity index is 369. The van der Waals surface area contributed by atoms with Gasteiger partial charge in [-0.15, -0.1) is 0 Å². The summed E-state index contributed by atoms with van der Waals surface area (Å²) in [7, 11) is 1.54. The molecule has 1 atom stereocenters. The lowest BCUT2D eigenvalue weighted by Crippen LogP contribution is -2.33. The fourth-order valence-corrected chi connectivity index (χ4v) is 1.43. The molecule has 1 rings (SSSR count). The normalized spacial score (nSPS) is 11.9. The van der Waals surface area contributed by atoms with Gasteiger partial charge in [-0.3, -0.25) is 9.78 Å². The molecule has 0 spiro atoms. The molecule has 0 radical (unpaired) electrons. The highest BCUT2D eigenvalue weighted by Gasteiger charge is 2.11. The van der Waals surface area contributed by atoms with Gasteiger partial charge in [-0.1, -0.05) is 0 Å².